The molecule has 10 heteroatoms. The summed E-state index contributed by atoms with van der Waals surface area (Å²) < 4.78 is 43.8. The number of rotatable bonds is 3. The highest BCUT2D eigenvalue weighted by molar-refractivity contribution is 6.34. The summed E-state index contributed by atoms with van der Waals surface area (Å²) in [6.45, 7) is 0. The number of hydrogen-bond donors (Lipinski definition) is 2. The summed E-state index contributed by atoms with van der Waals surface area (Å²) in [6.07, 6.45) is -2.42. The second-order valence-corrected chi connectivity index (χ2v) is 7.23. The van der Waals surface area contributed by atoms with Gasteiger partial charge in [-0.3, -0.25) is 10.3 Å². The van der Waals surface area contributed by atoms with Crippen LogP contribution in [0.5, 0.6) is 0 Å². The maximum Gasteiger partial charge on any atom is 0.428 e. The van der Waals surface area contributed by atoms with E-state index in [0.29, 0.717) is 5.52 Å². The number of alkyl halides is 3. The first-order chi connectivity index (χ1) is 13.6. The summed E-state index contributed by atoms with van der Waals surface area (Å²) in [4.78, 5) is 16.4. The molecule has 0 bridgehead atoms. The van der Waals surface area contributed by atoms with Gasteiger partial charge in [-0.05, 0) is 48.5 Å². The van der Waals surface area contributed by atoms with Gasteiger partial charge in [0.2, 0.25) is 5.60 Å². The van der Waals surface area contributed by atoms with Crippen molar-refractivity contribution in [2.75, 3.05) is 0 Å². The van der Waals surface area contributed by atoms with Crippen molar-refractivity contribution in [2.45, 2.75) is 11.8 Å². The molecule has 0 spiro atoms. The van der Waals surface area contributed by atoms with Gasteiger partial charge in [0, 0.05) is 21.8 Å². The van der Waals surface area contributed by atoms with Crippen LogP contribution in [0.15, 0.2) is 54.7 Å². The maximum absolute atomic E-state index is 14.1. The third kappa shape index (κ3) is 3.13. The number of nitrogens with one attached hydrogen (secondary N) is 1. The molecule has 0 saturated heterocycles. The Morgan fingerprint density at radius 3 is 2.45 bits per heavy atom. The molecule has 150 valence electrons. The van der Waals surface area contributed by atoms with Crippen molar-refractivity contribution in [2.24, 2.45) is 0 Å². The predicted octanol–water partition coefficient (Wildman–Crippen LogP) is 5.28. The molecule has 0 saturated carbocycles. The third-order valence-corrected chi connectivity index (χ3v) is 5.02. The maximum atomic E-state index is 14.1. The normalized spacial score (nSPS) is 19.3. The van der Waals surface area contributed by atoms with Gasteiger partial charge in [0.25, 0.3) is 0 Å². The van der Waals surface area contributed by atoms with E-state index in [4.69, 9.17) is 28.0 Å². The average molecular weight is 443 g/mol. The number of hydroxylamine groups is 1. The van der Waals surface area contributed by atoms with E-state index in [2.05, 4.69) is 5.48 Å². The Balaban J connectivity index is 1.91. The molecule has 2 N–H and O–H groups in total. The minimum atomic E-state index is -4.84. The summed E-state index contributed by atoms with van der Waals surface area (Å²) >= 11 is 11.8. The first-order valence-corrected chi connectivity index (χ1v) is 8.92. The van der Waals surface area contributed by atoms with Gasteiger partial charge in [-0.1, -0.05) is 23.2 Å². The molecule has 3 heterocycles. The molecule has 1 atom stereocenters. The monoisotopic (exact) mass is 442 g/mol. The Kier molecular flexibility index (Phi) is 4.53. The van der Waals surface area contributed by atoms with Gasteiger partial charge in [0.05, 0.1) is 22.5 Å². The zero-order valence-corrected chi connectivity index (χ0v) is 15.8. The lowest BCUT2D eigenvalue weighted by Gasteiger charge is -2.28. The standard InChI is InChI=1S/C19H11Cl2F3N2O3/c20-11-6-10(7-12(21)8-11)18(19(22,23)24)9-14(25-29-18)16-4-3-13(17(27)28)15-2-1-5-26(15)16/h1-9,25H,(H,27,28). The van der Waals surface area contributed by atoms with Crippen LogP contribution in [0.3, 0.4) is 0 Å². The van der Waals surface area contributed by atoms with Crippen LogP contribution in [-0.4, -0.2) is 21.7 Å². The molecule has 3 aromatic rings. The van der Waals surface area contributed by atoms with E-state index in [-0.39, 0.29) is 32.6 Å². The molecule has 0 aliphatic carbocycles. The second-order valence-electron chi connectivity index (χ2n) is 6.35. The molecule has 1 aromatic carbocycles. The molecule has 2 aromatic heterocycles. The van der Waals surface area contributed by atoms with Crippen LogP contribution in [-0.2, 0) is 10.4 Å². The number of halogens is 5. The smallest absolute Gasteiger partial charge is 0.428 e. The third-order valence-electron chi connectivity index (χ3n) is 4.58. The number of hydrogen-bond acceptors (Lipinski definition) is 3. The molecule has 1 unspecified atom stereocenters. The van der Waals surface area contributed by atoms with Crippen LogP contribution in [0, 0.1) is 0 Å². The number of aromatic nitrogens is 1. The number of pyridine rings is 1. The Hall–Kier alpha value is -2.68. The van der Waals surface area contributed by atoms with Crippen LogP contribution in [0.4, 0.5) is 13.2 Å². The Bertz CT molecular complexity index is 1150. The second kappa shape index (κ2) is 6.69. The van der Waals surface area contributed by atoms with Gasteiger partial charge >= 0.3 is 12.1 Å². The molecule has 5 nitrogen and oxygen atoms in total. The average Bonchev–Trinajstić information content (AvgIpc) is 3.27. The number of carbonyl (C=O) groups is 1. The molecular weight excluding hydrogens is 432 g/mol. The van der Waals surface area contributed by atoms with Gasteiger partial charge in [-0.2, -0.15) is 13.2 Å². The Labute approximate surface area is 171 Å². The van der Waals surface area contributed by atoms with Crippen LogP contribution >= 0.6 is 23.2 Å². The summed E-state index contributed by atoms with van der Waals surface area (Å²) in [5.74, 6) is -1.15. The Morgan fingerprint density at radius 2 is 1.83 bits per heavy atom. The molecule has 0 radical (unpaired) electrons. The van der Waals surface area contributed by atoms with E-state index in [0.717, 1.165) is 18.2 Å². The molecule has 1 aliphatic heterocycles. The number of benzene rings is 1. The molecule has 1 aliphatic rings. The van der Waals surface area contributed by atoms with Crippen molar-refractivity contribution in [3.63, 3.8) is 0 Å². The Morgan fingerprint density at radius 1 is 1.14 bits per heavy atom. The number of carboxylic acid groups (broad SMARTS) is 1. The van der Waals surface area contributed by atoms with E-state index in [1.54, 1.807) is 18.3 Å². The molecule has 4 rings (SSSR count). The van der Waals surface area contributed by atoms with Crippen molar-refractivity contribution in [1.82, 2.24) is 9.88 Å². The molecule has 0 amide bonds. The summed E-state index contributed by atoms with van der Waals surface area (Å²) in [5.41, 5.74) is -0.162. The van der Waals surface area contributed by atoms with Gasteiger partial charge in [0.1, 0.15) is 0 Å². The summed E-state index contributed by atoms with van der Waals surface area (Å²) in [6, 6.07) is 9.43. The predicted molar refractivity (Wildman–Crippen MR) is 101 cm³/mol. The SMILES string of the molecule is O=C(O)c1ccc(C2=CC(c3cc(Cl)cc(Cl)c3)(C(F)(F)F)ON2)n2cccc12. The lowest BCUT2D eigenvalue weighted by Crippen LogP contribution is -2.42. The molecule has 29 heavy (non-hydrogen) atoms. The van der Waals surface area contributed by atoms with E-state index in [1.165, 1.54) is 22.6 Å². The first kappa shape index (κ1) is 19.6. The molecule has 0 fully saturated rings. The van der Waals surface area contributed by atoms with Gasteiger partial charge in [-0.25, -0.2) is 4.79 Å². The van der Waals surface area contributed by atoms with Gasteiger partial charge in [0.15, 0.2) is 0 Å². The quantitative estimate of drug-likeness (QED) is 0.579. The van der Waals surface area contributed by atoms with Gasteiger partial charge in [-0.15, -0.1) is 0 Å². The lowest BCUT2D eigenvalue weighted by molar-refractivity contribution is -0.269. The largest absolute Gasteiger partial charge is 0.478 e. The highest BCUT2D eigenvalue weighted by atomic mass is 35.5. The van der Waals surface area contributed by atoms with Crippen molar-refractivity contribution >= 4 is 40.4 Å². The minimum Gasteiger partial charge on any atom is -0.478 e. The number of nitrogens with zero attached hydrogens (tertiary/aromatic N) is 1. The summed E-state index contributed by atoms with van der Waals surface area (Å²) in [5, 5.41) is 9.36. The van der Waals surface area contributed by atoms with E-state index in [9.17, 15) is 23.1 Å². The zero-order chi connectivity index (χ0) is 21.0. The number of fused-ring (bicyclic) bond motifs is 1. The topological polar surface area (TPSA) is 63.0 Å². The number of aromatic carboxylic acids is 1. The van der Waals surface area contributed by atoms with Crippen LogP contribution in [0.25, 0.3) is 11.2 Å². The van der Waals surface area contributed by atoms with E-state index < -0.39 is 17.7 Å². The fourth-order valence-electron chi connectivity index (χ4n) is 3.28. The van der Waals surface area contributed by atoms with Crippen molar-refractivity contribution < 1.29 is 27.9 Å². The first-order valence-electron chi connectivity index (χ1n) is 8.16. The van der Waals surface area contributed by atoms with E-state index >= 15 is 0 Å². The van der Waals surface area contributed by atoms with Gasteiger partial charge < -0.3 is 9.51 Å². The fourth-order valence-corrected chi connectivity index (χ4v) is 3.80. The number of carboxylic acids is 1. The van der Waals surface area contributed by atoms with Crippen LogP contribution in [0.1, 0.15) is 21.6 Å². The van der Waals surface area contributed by atoms with Crippen molar-refractivity contribution in [3.05, 3.63) is 81.6 Å². The zero-order valence-electron chi connectivity index (χ0n) is 14.3. The molecular formula is C19H11Cl2F3N2O3. The van der Waals surface area contributed by atoms with Crippen molar-refractivity contribution in [3.8, 4) is 0 Å². The highest BCUT2D eigenvalue weighted by Crippen LogP contribution is 2.48. The minimum absolute atomic E-state index is 0.0107. The summed E-state index contributed by atoms with van der Waals surface area (Å²) in [7, 11) is 0. The van der Waals surface area contributed by atoms with Crippen LogP contribution < -0.4 is 5.48 Å². The van der Waals surface area contributed by atoms with Crippen molar-refractivity contribution in [1.29, 1.82) is 0 Å². The fraction of sp³-hybridized carbons (Fsp3) is 0.105. The lowest BCUT2D eigenvalue weighted by atomic mass is 9.92. The highest BCUT2D eigenvalue weighted by Gasteiger charge is 2.59. The van der Waals surface area contributed by atoms with E-state index in [1.807, 2.05) is 0 Å². The van der Waals surface area contributed by atoms with Crippen LogP contribution in [0.2, 0.25) is 10.0 Å².